The molecule has 1 aliphatic rings. The molecule has 1 aliphatic heterocycles. The molecule has 156 valence electrons. The molecule has 30 heavy (non-hydrogen) atoms. The molecule has 3 aromatic rings. The normalized spacial score (nSPS) is 18.2. The lowest BCUT2D eigenvalue weighted by atomic mass is 10.1. The minimum atomic E-state index is -0.764. The molecule has 2 N–H and O–H groups in total. The van der Waals surface area contributed by atoms with Crippen molar-refractivity contribution < 1.29 is 19.1 Å². The standard InChI is InChI=1S/C20H22N6O4/c1-11-6-4-5-7-14(11)18-25-24-17(30-18)12(2)22-19-21-9-8-16(23-19)26-15(13(3)27)10-29-20(26)28/h4-9,12-13,15,27H,10H2,1-3H3,(H,21,22,23)/t12-,13-,15-/m1/s1. The molecule has 0 aliphatic carbocycles. The highest BCUT2D eigenvalue weighted by Crippen LogP contribution is 2.26. The predicted octanol–water partition coefficient (Wildman–Crippen LogP) is 2.71. The number of ether oxygens (including phenoxy) is 1. The van der Waals surface area contributed by atoms with Gasteiger partial charge in [-0.3, -0.25) is 4.90 Å². The molecule has 3 heterocycles. The number of amides is 1. The highest BCUT2D eigenvalue weighted by Gasteiger charge is 2.38. The Morgan fingerprint density at radius 1 is 1.23 bits per heavy atom. The van der Waals surface area contributed by atoms with E-state index in [2.05, 4.69) is 25.5 Å². The Labute approximate surface area is 172 Å². The van der Waals surface area contributed by atoms with Gasteiger partial charge in [-0.05, 0) is 38.5 Å². The van der Waals surface area contributed by atoms with Gasteiger partial charge in [0, 0.05) is 11.8 Å². The zero-order chi connectivity index (χ0) is 21.3. The number of aliphatic hydroxyl groups is 1. The van der Waals surface area contributed by atoms with Crippen LogP contribution in [-0.2, 0) is 4.74 Å². The van der Waals surface area contributed by atoms with Crippen molar-refractivity contribution in [3.05, 3.63) is 48.0 Å². The van der Waals surface area contributed by atoms with Crippen LogP contribution in [0.25, 0.3) is 11.5 Å². The molecule has 1 saturated heterocycles. The number of hydrogen-bond acceptors (Lipinski definition) is 9. The SMILES string of the molecule is Cc1ccccc1-c1nnc([C@@H](C)Nc2nccc(N3C(=O)OC[C@@H]3[C@@H](C)O)n2)o1. The summed E-state index contributed by atoms with van der Waals surface area (Å²) in [6.07, 6.45) is 0.202. The summed E-state index contributed by atoms with van der Waals surface area (Å²) in [6.45, 7) is 5.52. The van der Waals surface area contributed by atoms with E-state index in [9.17, 15) is 9.90 Å². The largest absolute Gasteiger partial charge is 0.447 e. The lowest BCUT2D eigenvalue weighted by Gasteiger charge is -2.22. The Balaban J connectivity index is 1.52. The molecule has 10 nitrogen and oxygen atoms in total. The Morgan fingerprint density at radius 2 is 2.03 bits per heavy atom. The number of aromatic nitrogens is 4. The minimum Gasteiger partial charge on any atom is -0.447 e. The zero-order valence-corrected chi connectivity index (χ0v) is 16.8. The lowest BCUT2D eigenvalue weighted by Crippen LogP contribution is -2.41. The van der Waals surface area contributed by atoms with E-state index >= 15 is 0 Å². The second-order valence-electron chi connectivity index (χ2n) is 7.12. The molecular weight excluding hydrogens is 388 g/mol. The van der Waals surface area contributed by atoms with Crippen LogP contribution in [0.1, 0.15) is 31.3 Å². The molecule has 0 saturated carbocycles. The number of cyclic esters (lactones) is 1. The van der Waals surface area contributed by atoms with Crippen molar-refractivity contribution in [2.75, 3.05) is 16.8 Å². The van der Waals surface area contributed by atoms with Crippen molar-refractivity contribution in [3.63, 3.8) is 0 Å². The molecule has 1 amide bonds. The molecule has 0 radical (unpaired) electrons. The third-order valence-electron chi connectivity index (χ3n) is 4.88. The zero-order valence-electron chi connectivity index (χ0n) is 16.8. The third-order valence-corrected chi connectivity index (χ3v) is 4.88. The first-order valence-electron chi connectivity index (χ1n) is 9.57. The maximum atomic E-state index is 12.1. The summed E-state index contributed by atoms with van der Waals surface area (Å²) in [6, 6.07) is 8.46. The van der Waals surface area contributed by atoms with Gasteiger partial charge in [0.15, 0.2) is 0 Å². The highest BCUT2D eigenvalue weighted by atomic mass is 16.6. The summed E-state index contributed by atoms with van der Waals surface area (Å²) in [7, 11) is 0. The fraction of sp³-hybridized carbons (Fsp3) is 0.350. The van der Waals surface area contributed by atoms with Crippen LogP contribution in [0.4, 0.5) is 16.6 Å². The quantitative estimate of drug-likeness (QED) is 0.630. The lowest BCUT2D eigenvalue weighted by molar-refractivity contribution is 0.142. The monoisotopic (exact) mass is 410 g/mol. The maximum Gasteiger partial charge on any atom is 0.416 e. The second kappa shape index (κ2) is 8.07. The van der Waals surface area contributed by atoms with Crippen molar-refractivity contribution in [3.8, 4) is 11.5 Å². The first kappa shape index (κ1) is 19.8. The number of nitrogens with one attached hydrogen (secondary N) is 1. The van der Waals surface area contributed by atoms with E-state index in [1.54, 1.807) is 13.0 Å². The van der Waals surface area contributed by atoms with Crippen molar-refractivity contribution in [1.29, 1.82) is 0 Å². The Bertz CT molecular complexity index is 1050. The van der Waals surface area contributed by atoms with Crippen LogP contribution >= 0.6 is 0 Å². The molecular formula is C20H22N6O4. The molecule has 10 heteroatoms. The molecule has 3 atom stereocenters. The highest BCUT2D eigenvalue weighted by molar-refractivity contribution is 5.89. The van der Waals surface area contributed by atoms with Gasteiger partial charge in [-0.15, -0.1) is 10.2 Å². The molecule has 1 fully saturated rings. The number of nitrogens with zero attached hydrogens (tertiary/aromatic N) is 5. The number of carbonyl (C=O) groups excluding carboxylic acids is 1. The van der Waals surface area contributed by atoms with E-state index in [0.717, 1.165) is 11.1 Å². The molecule has 2 aromatic heterocycles. The van der Waals surface area contributed by atoms with E-state index in [0.29, 0.717) is 17.6 Å². The van der Waals surface area contributed by atoms with Crippen LogP contribution in [0.15, 0.2) is 40.9 Å². The van der Waals surface area contributed by atoms with Crippen LogP contribution in [0.3, 0.4) is 0 Å². The average Bonchev–Trinajstić information content (AvgIpc) is 3.36. The molecule has 1 aromatic carbocycles. The van der Waals surface area contributed by atoms with E-state index in [1.165, 1.54) is 11.1 Å². The molecule has 0 unspecified atom stereocenters. The molecule has 0 bridgehead atoms. The van der Waals surface area contributed by atoms with Crippen molar-refractivity contribution >= 4 is 17.9 Å². The van der Waals surface area contributed by atoms with Crippen LogP contribution in [-0.4, -0.2) is 50.1 Å². The van der Waals surface area contributed by atoms with Gasteiger partial charge >= 0.3 is 6.09 Å². The van der Waals surface area contributed by atoms with Gasteiger partial charge in [0.25, 0.3) is 0 Å². The summed E-state index contributed by atoms with van der Waals surface area (Å²) in [5.74, 6) is 1.43. The predicted molar refractivity (Wildman–Crippen MR) is 108 cm³/mol. The minimum absolute atomic E-state index is 0.101. The van der Waals surface area contributed by atoms with Crippen molar-refractivity contribution in [1.82, 2.24) is 20.2 Å². The topological polar surface area (TPSA) is 127 Å². The summed E-state index contributed by atoms with van der Waals surface area (Å²) in [5.41, 5.74) is 1.91. The summed E-state index contributed by atoms with van der Waals surface area (Å²) < 4.78 is 10.9. The number of rotatable bonds is 6. The van der Waals surface area contributed by atoms with Crippen molar-refractivity contribution in [2.45, 2.75) is 39.0 Å². The summed E-state index contributed by atoms with van der Waals surface area (Å²) >= 11 is 0. The Kier molecular flexibility index (Phi) is 5.32. The second-order valence-corrected chi connectivity index (χ2v) is 7.12. The van der Waals surface area contributed by atoms with E-state index in [1.807, 2.05) is 38.1 Å². The number of anilines is 2. The van der Waals surface area contributed by atoms with Gasteiger partial charge in [0.05, 0.1) is 6.10 Å². The van der Waals surface area contributed by atoms with Crippen LogP contribution in [0.2, 0.25) is 0 Å². The van der Waals surface area contributed by atoms with Gasteiger partial charge in [-0.2, -0.15) is 4.98 Å². The fourth-order valence-electron chi connectivity index (χ4n) is 3.19. The summed E-state index contributed by atoms with van der Waals surface area (Å²) in [5, 5.41) is 21.3. The number of aliphatic hydroxyl groups excluding tert-OH is 1. The number of hydrogen-bond donors (Lipinski definition) is 2. The molecule has 0 spiro atoms. The summed E-state index contributed by atoms with van der Waals surface area (Å²) in [4.78, 5) is 22.0. The maximum absolute atomic E-state index is 12.1. The van der Waals surface area contributed by atoms with Gasteiger partial charge in [0.2, 0.25) is 17.7 Å². The first-order valence-corrected chi connectivity index (χ1v) is 9.57. The van der Waals surface area contributed by atoms with Gasteiger partial charge in [-0.25, -0.2) is 9.78 Å². The van der Waals surface area contributed by atoms with Crippen LogP contribution in [0.5, 0.6) is 0 Å². The van der Waals surface area contributed by atoms with Crippen LogP contribution < -0.4 is 10.2 Å². The van der Waals surface area contributed by atoms with Gasteiger partial charge < -0.3 is 19.6 Å². The Hall–Kier alpha value is -3.53. The first-order chi connectivity index (χ1) is 14.4. The number of aryl methyl sites for hydroxylation is 1. The smallest absolute Gasteiger partial charge is 0.416 e. The van der Waals surface area contributed by atoms with E-state index in [4.69, 9.17) is 9.15 Å². The Morgan fingerprint density at radius 3 is 2.80 bits per heavy atom. The fourth-order valence-corrected chi connectivity index (χ4v) is 3.19. The average molecular weight is 410 g/mol. The number of benzene rings is 1. The van der Waals surface area contributed by atoms with Gasteiger partial charge in [0.1, 0.15) is 24.5 Å². The van der Waals surface area contributed by atoms with Crippen molar-refractivity contribution in [2.24, 2.45) is 0 Å². The van der Waals surface area contributed by atoms with Gasteiger partial charge in [-0.1, -0.05) is 18.2 Å². The van der Waals surface area contributed by atoms with E-state index < -0.39 is 18.2 Å². The number of carbonyl (C=O) groups is 1. The molecule has 4 rings (SSSR count). The van der Waals surface area contributed by atoms with E-state index in [-0.39, 0.29) is 18.6 Å². The van der Waals surface area contributed by atoms with Crippen LogP contribution in [0, 0.1) is 6.92 Å². The third kappa shape index (κ3) is 3.81.